The summed E-state index contributed by atoms with van der Waals surface area (Å²) in [6.45, 7) is 1.72. The first-order valence-electron chi connectivity index (χ1n) is 5.66. The number of carbonyl (C=O) groups is 1. The number of benzene rings is 1. The zero-order valence-electron chi connectivity index (χ0n) is 10.6. The third-order valence-corrected chi connectivity index (χ3v) is 3.60. The van der Waals surface area contributed by atoms with Crippen LogP contribution in [0.5, 0.6) is 0 Å². The van der Waals surface area contributed by atoms with Gasteiger partial charge in [0.15, 0.2) is 0 Å². The van der Waals surface area contributed by atoms with Gasteiger partial charge in [0, 0.05) is 4.90 Å². The second kappa shape index (κ2) is 5.93. The fraction of sp³-hybridized carbons (Fsp3) is 0.214. The van der Waals surface area contributed by atoms with Crippen molar-refractivity contribution in [3.05, 3.63) is 53.2 Å². The first kappa shape index (κ1) is 13.7. The average Bonchev–Trinajstić information content (AvgIpc) is 2.78. The maximum absolute atomic E-state index is 12.8. The highest BCUT2D eigenvalue weighted by molar-refractivity contribution is 7.98. The number of aryl methyl sites for hydroxylation is 1. The Morgan fingerprint density at radius 1 is 1.37 bits per heavy atom. The van der Waals surface area contributed by atoms with E-state index in [0.29, 0.717) is 22.8 Å². The van der Waals surface area contributed by atoms with Gasteiger partial charge in [0.25, 0.3) is 0 Å². The number of halogens is 1. The minimum Gasteiger partial charge on any atom is -0.465 e. The molecular formula is C14H13FO3S. The maximum atomic E-state index is 12.8. The van der Waals surface area contributed by atoms with Crippen LogP contribution >= 0.6 is 11.8 Å². The van der Waals surface area contributed by atoms with Crippen molar-refractivity contribution in [3.8, 4) is 0 Å². The van der Waals surface area contributed by atoms with Gasteiger partial charge in [-0.3, -0.25) is 0 Å². The van der Waals surface area contributed by atoms with Crippen LogP contribution in [0.1, 0.15) is 21.9 Å². The molecule has 100 valence electrons. The largest absolute Gasteiger partial charge is 0.465 e. The molecule has 2 rings (SSSR count). The summed E-state index contributed by atoms with van der Waals surface area (Å²) in [6.07, 6.45) is 0. The summed E-state index contributed by atoms with van der Waals surface area (Å²) < 4.78 is 22.9. The van der Waals surface area contributed by atoms with Crippen molar-refractivity contribution in [2.45, 2.75) is 17.6 Å². The molecule has 0 bridgehead atoms. The Bertz CT molecular complexity index is 575. The number of carbonyl (C=O) groups excluding carboxylic acids is 1. The molecule has 5 heteroatoms. The SMILES string of the molecule is COC(=O)c1cc(CSc2ccc(F)cc2)oc1C. The van der Waals surface area contributed by atoms with E-state index in [1.807, 2.05) is 0 Å². The molecule has 0 radical (unpaired) electrons. The number of esters is 1. The Hall–Kier alpha value is -1.75. The molecule has 2 aromatic rings. The molecule has 0 saturated carbocycles. The minimum absolute atomic E-state index is 0.258. The highest BCUT2D eigenvalue weighted by Gasteiger charge is 2.15. The lowest BCUT2D eigenvalue weighted by atomic mass is 10.2. The van der Waals surface area contributed by atoms with Gasteiger partial charge in [-0.25, -0.2) is 9.18 Å². The fourth-order valence-corrected chi connectivity index (χ4v) is 2.39. The van der Waals surface area contributed by atoms with E-state index < -0.39 is 5.97 Å². The van der Waals surface area contributed by atoms with E-state index in [4.69, 9.17) is 4.42 Å². The lowest BCUT2D eigenvalue weighted by Crippen LogP contribution is -2.00. The van der Waals surface area contributed by atoms with Gasteiger partial charge in [-0.15, -0.1) is 11.8 Å². The third-order valence-electron chi connectivity index (χ3n) is 2.57. The van der Waals surface area contributed by atoms with Crippen molar-refractivity contribution in [1.82, 2.24) is 0 Å². The fourth-order valence-electron chi connectivity index (χ4n) is 1.61. The molecule has 0 aliphatic rings. The Balaban J connectivity index is 2.04. The molecule has 0 amide bonds. The Morgan fingerprint density at radius 3 is 2.68 bits per heavy atom. The molecular weight excluding hydrogens is 267 g/mol. The normalized spacial score (nSPS) is 10.5. The number of hydrogen-bond acceptors (Lipinski definition) is 4. The van der Waals surface area contributed by atoms with E-state index in [1.165, 1.54) is 31.0 Å². The highest BCUT2D eigenvalue weighted by atomic mass is 32.2. The van der Waals surface area contributed by atoms with E-state index in [0.717, 1.165) is 4.90 Å². The van der Waals surface area contributed by atoms with Crippen LogP contribution in [0.25, 0.3) is 0 Å². The predicted octanol–water partition coefficient (Wildman–Crippen LogP) is 3.81. The second-order valence-electron chi connectivity index (χ2n) is 3.92. The quantitative estimate of drug-likeness (QED) is 0.630. The zero-order valence-corrected chi connectivity index (χ0v) is 11.4. The summed E-state index contributed by atoms with van der Waals surface area (Å²) in [6, 6.07) is 7.91. The van der Waals surface area contributed by atoms with E-state index >= 15 is 0 Å². The molecule has 0 aliphatic heterocycles. The van der Waals surface area contributed by atoms with Gasteiger partial charge in [-0.1, -0.05) is 0 Å². The molecule has 1 heterocycles. The van der Waals surface area contributed by atoms with Crippen molar-refractivity contribution < 1.29 is 18.3 Å². The summed E-state index contributed by atoms with van der Waals surface area (Å²) in [4.78, 5) is 12.4. The zero-order chi connectivity index (χ0) is 13.8. The molecule has 1 aromatic carbocycles. The summed E-state index contributed by atoms with van der Waals surface area (Å²) in [5.41, 5.74) is 0.442. The molecule has 0 spiro atoms. The molecule has 0 unspecified atom stereocenters. The van der Waals surface area contributed by atoms with Crippen molar-refractivity contribution >= 4 is 17.7 Å². The van der Waals surface area contributed by atoms with Crippen molar-refractivity contribution in [1.29, 1.82) is 0 Å². The van der Waals surface area contributed by atoms with E-state index in [1.54, 1.807) is 25.1 Å². The number of ether oxygens (including phenoxy) is 1. The number of rotatable bonds is 4. The minimum atomic E-state index is -0.403. The van der Waals surface area contributed by atoms with Gasteiger partial charge < -0.3 is 9.15 Å². The number of furan rings is 1. The van der Waals surface area contributed by atoms with Crippen LogP contribution in [-0.4, -0.2) is 13.1 Å². The van der Waals surface area contributed by atoms with Gasteiger partial charge in [-0.05, 0) is 37.3 Å². The van der Waals surface area contributed by atoms with Crippen LogP contribution < -0.4 is 0 Å². The third kappa shape index (κ3) is 3.38. The molecule has 1 aromatic heterocycles. The number of hydrogen-bond donors (Lipinski definition) is 0. The first-order valence-corrected chi connectivity index (χ1v) is 6.64. The standard InChI is InChI=1S/C14H13FO3S/c1-9-13(14(16)17-2)7-11(18-9)8-19-12-5-3-10(15)4-6-12/h3-7H,8H2,1-2H3. The Labute approximate surface area is 114 Å². The summed E-state index contributed by atoms with van der Waals surface area (Å²) in [7, 11) is 1.34. The smallest absolute Gasteiger partial charge is 0.341 e. The van der Waals surface area contributed by atoms with Crippen LogP contribution in [0.15, 0.2) is 39.6 Å². The van der Waals surface area contributed by atoms with Crippen LogP contribution in [0.3, 0.4) is 0 Å². The number of methoxy groups -OCH3 is 1. The van der Waals surface area contributed by atoms with Crippen molar-refractivity contribution in [2.24, 2.45) is 0 Å². The van der Waals surface area contributed by atoms with Gasteiger partial charge in [0.1, 0.15) is 22.9 Å². The second-order valence-corrected chi connectivity index (χ2v) is 4.97. The van der Waals surface area contributed by atoms with Gasteiger partial charge in [0.2, 0.25) is 0 Å². The average molecular weight is 280 g/mol. The topological polar surface area (TPSA) is 39.4 Å². The lowest BCUT2D eigenvalue weighted by Gasteiger charge is -1.98. The van der Waals surface area contributed by atoms with Gasteiger partial charge in [0.05, 0.1) is 12.9 Å². The molecule has 0 atom stereocenters. The van der Waals surface area contributed by atoms with Crippen LogP contribution in [0.2, 0.25) is 0 Å². The Kier molecular flexibility index (Phi) is 4.27. The Morgan fingerprint density at radius 2 is 2.05 bits per heavy atom. The molecule has 3 nitrogen and oxygen atoms in total. The van der Waals surface area contributed by atoms with Crippen LogP contribution in [-0.2, 0) is 10.5 Å². The molecule has 0 saturated heterocycles. The lowest BCUT2D eigenvalue weighted by molar-refractivity contribution is 0.0599. The highest BCUT2D eigenvalue weighted by Crippen LogP contribution is 2.25. The summed E-state index contributed by atoms with van der Waals surface area (Å²) in [5, 5.41) is 0. The van der Waals surface area contributed by atoms with Crippen LogP contribution in [0.4, 0.5) is 4.39 Å². The monoisotopic (exact) mass is 280 g/mol. The number of thioether (sulfide) groups is 1. The van der Waals surface area contributed by atoms with E-state index in [9.17, 15) is 9.18 Å². The first-order chi connectivity index (χ1) is 9.10. The summed E-state index contributed by atoms with van der Waals surface area (Å²) in [5.74, 6) is 1.14. The van der Waals surface area contributed by atoms with E-state index in [2.05, 4.69) is 4.74 Å². The molecule has 0 aliphatic carbocycles. The van der Waals surface area contributed by atoms with Crippen molar-refractivity contribution in [3.63, 3.8) is 0 Å². The van der Waals surface area contributed by atoms with Gasteiger partial charge in [-0.2, -0.15) is 0 Å². The van der Waals surface area contributed by atoms with Gasteiger partial charge >= 0.3 is 5.97 Å². The summed E-state index contributed by atoms with van der Waals surface area (Å²) >= 11 is 1.51. The predicted molar refractivity (Wildman–Crippen MR) is 70.7 cm³/mol. The van der Waals surface area contributed by atoms with E-state index in [-0.39, 0.29) is 5.82 Å². The molecule has 0 fully saturated rings. The maximum Gasteiger partial charge on any atom is 0.341 e. The van der Waals surface area contributed by atoms with Crippen LogP contribution in [0, 0.1) is 12.7 Å². The molecule has 19 heavy (non-hydrogen) atoms. The molecule has 0 N–H and O–H groups in total. The van der Waals surface area contributed by atoms with Crippen molar-refractivity contribution in [2.75, 3.05) is 7.11 Å².